The van der Waals surface area contributed by atoms with Crippen molar-refractivity contribution in [1.29, 1.82) is 0 Å². The molecule has 3 aromatic rings. The molecule has 0 aliphatic carbocycles. The van der Waals surface area contributed by atoms with Gasteiger partial charge in [-0.15, -0.1) is 10.2 Å². The lowest BCUT2D eigenvalue weighted by molar-refractivity contribution is -0.136. The molecule has 1 unspecified atom stereocenters. The van der Waals surface area contributed by atoms with Gasteiger partial charge in [-0.3, -0.25) is 9.36 Å². The van der Waals surface area contributed by atoms with E-state index >= 15 is 0 Å². The van der Waals surface area contributed by atoms with Gasteiger partial charge in [0.25, 0.3) is 0 Å². The molecule has 0 aliphatic rings. The van der Waals surface area contributed by atoms with E-state index in [1.165, 1.54) is 11.8 Å². The van der Waals surface area contributed by atoms with Crippen molar-refractivity contribution in [3.63, 3.8) is 0 Å². The molecule has 1 aromatic heterocycles. The number of rotatable bonds is 6. The summed E-state index contributed by atoms with van der Waals surface area (Å²) >= 11 is 1.18. The smallest absolute Gasteiger partial charge is 0.316 e. The average molecular weight is 354 g/mol. The number of anilines is 1. The van der Waals surface area contributed by atoms with Gasteiger partial charge in [0.05, 0.1) is 6.54 Å². The zero-order valence-electron chi connectivity index (χ0n) is 13.7. The van der Waals surface area contributed by atoms with Gasteiger partial charge in [0, 0.05) is 11.3 Å². The second-order valence-electron chi connectivity index (χ2n) is 5.60. The summed E-state index contributed by atoms with van der Waals surface area (Å²) in [5.74, 6) is -0.197. The van der Waals surface area contributed by atoms with E-state index in [1.54, 1.807) is 6.92 Å². The SMILES string of the molecule is CC(Sc1nnc(-c2ccc(N)cc2)n1Cc1ccccc1)C(=O)O. The Morgan fingerprint density at radius 3 is 2.48 bits per heavy atom. The maximum Gasteiger partial charge on any atom is 0.316 e. The predicted molar refractivity (Wildman–Crippen MR) is 98.4 cm³/mol. The molecule has 128 valence electrons. The van der Waals surface area contributed by atoms with Crippen LogP contribution >= 0.6 is 11.8 Å². The number of benzene rings is 2. The average Bonchev–Trinajstić information content (AvgIpc) is 2.99. The molecule has 1 heterocycles. The van der Waals surface area contributed by atoms with Crippen molar-refractivity contribution in [2.24, 2.45) is 0 Å². The Morgan fingerprint density at radius 1 is 1.16 bits per heavy atom. The van der Waals surface area contributed by atoms with E-state index < -0.39 is 11.2 Å². The Kier molecular flexibility index (Phi) is 5.04. The number of nitrogens with zero attached hydrogens (tertiary/aromatic N) is 3. The van der Waals surface area contributed by atoms with Gasteiger partial charge >= 0.3 is 5.97 Å². The minimum atomic E-state index is -0.881. The van der Waals surface area contributed by atoms with E-state index in [0.29, 0.717) is 23.2 Å². The van der Waals surface area contributed by atoms with Gasteiger partial charge in [-0.25, -0.2) is 0 Å². The van der Waals surface area contributed by atoms with E-state index in [-0.39, 0.29) is 0 Å². The third kappa shape index (κ3) is 4.00. The molecule has 6 nitrogen and oxygen atoms in total. The van der Waals surface area contributed by atoms with Crippen LogP contribution in [0.3, 0.4) is 0 Å². The highest BCUT2D eigenvalue weighted by Crippen LogP contribution is 2.28. The van der Waals surface area contributed by atoms with Gasteiger partial charge in [-0.1, -0.05) is 42.1 Å². The maximum absolute atomic E-state index is 11.2. The van der Waals surface area contributed by atoms with Crippen LogP contribution in [-0.4, -0.2) is 31.1 Å². The van der Waals surface area contributed by atoms with Crippen LogP contribution in [0.2, 0.25) is 0 Å². The van der Waals surface area contributed by atoms with Gasteiger partial charge in [0.15, 0.2) is 11.0 Å². The highest BCUT2D eigenvalue weighted by atomic mass is 32.2. The van der Waals surface area contributed by atoms with Crippen LogP contribution in [0.1, 0.15) is 12.5 Å². The maximum atomic E-state index is 11.2. The molecular weight excluding hydrogens is 336 g/mol. The number of carbonyl (C=O) groups is 1. The molecule has 0 saturated carbocycles. The largest absolute Gasteiger partial charge is 0.480 e. The van der Waals surface area contributed by atoms with E-state index in [2.05, 4.69) is 10.2 Å². The van der Waals surface area contributed by atoms with Crippen molar-refractivity contribution in [3.8, 4) is 11.4 Å². The van der Waals surface area contributed by atoms with E-state index in [1.807, 2.05) is 59.2 Å². The zero-order chi connectivity index (χ0) is 17.8. The molecule has 0 spiro atoms. The fourth-order valence-corrected chi connectivity index (χ4v) is 3.12. The minimum Gasteiger partial charge on any atom is -0.480 e. The number of aromatic nitrogens is 3. The molecule has 3 N–H and O–H groups in total. The van der Waals surface area contributed by atoms with Gasteiger partial charge in [-0.2, -0.15) is 0 Å². The number of thioether (sulfide) groups is 1. The summed E-state index contributed by atoms with van der Waals surface area (Å²) in [6, 6.07) is 17.3. The van der Waals surface area contributed by atoms with Crippen molar-refractivity contribution in [3.05, 3.63) is 60.2 Å². The Labute approximate surface area is 149 Å². The van der Waals surface area contributed by atoms with Gasteiger partial charge in [0.1, 0.15) is 5.25 Å². The second kappa shape index (κ2) is 7.40. The second-order valence-corrected chi connectivity index (χ2v) is 6.91. The third-order valence-corrected chi connectivity index (χ3v) is 4.77. The summed E-state index contributed by atoms with van der Waals surface area (Å²) in [6.45, 7) is 2.19. The van der Waals surface area contributed by atoms with E-state index in [9.17, 15) is 9.90 Å². The normalized spacial score (nSPS) is 12.0. The Morgan fingerprint density at radius 2 is 1.84 bits per heavy atom. The molecule has 25 heavy (non-hydrogen) atoms. The van der Waals surface area contributed by atoms with Gasteiger partial charge < -0.3 is 10.8 Å². The fraction of sp³-hybridized carbons (Fsp3) is 0.167. The van der Waals surface area contributed by atoms with Gasteiger partial charge in [0.2, 0.25) is 0 Å². The van der Waals surface area contributed by atoms with Crippen LogP contribution in [0, 0.1) is 0 Å². The number of aliphatic carboxylic acids is 1. The Balaban J connectivity index is 2.01. The number of carboxylic acids is 1. The number of nitrogens with two attached hydrogens (primary N) is 1. The summed E-state index contributed by atoms with van der Waals surface area (Å²) in [4.78, 5) is 11.2. The molecule has 2 aromatic carbocycles. The van der Waals surface area contributed by atoms with Crippen molar-refractivity contribution in [2.45, 2.75) is 23.9 Å². The van der Waals surface area contributed by atoms with Crippen LogP contribution in [0.15, 0.2) is 59.8 Å². The summed E-state index contributed by atoms with van der Waals surface area (Å²) < 4.78 is 1.94. The molecule has 0 fully saturated rings. The first kappa shape index (κ1) is 17.0. The van der Waals surface area contributed by atoms with Crippen LogP contribution in [0.4, 0.5) is 5.69 Å². The van der Waals surface area contributed by atoms with E-state index in [0.717, 1.165) is 11.1 Å². The fourth-order valence-electron chi connectivity index (χ4n) is 2.34. The number of hydrogen-bond donors (Lipinski definition) is 2. The number of hydrogen-bond acceptors (Lipinski definition) is 5. The van der Waals surface area contributed by atoms with Crippen LogP contribution < -0.4 is 5.73 Å². The lowest BCUT2D eigenvalue weighted by Crippen LogP contribution is -2.13. The molecule has 0 bridgehead atoms. The summed E-state index contributed by atoms with van der Waals surface area (Å²) in [5.41, 5.74) is 8.40. The molecule has 0 aliphatic heterocycles. The van der Waals surface area contributed by atoms with Crippen molar-refractivity contribution >= 4 is 23.4 Å². The quantitative estimate of drug-likeness (QED) is 0.522. The van der Waals surface area contributed by atoms with Crippen LogP contribution in [-0.2, 0) is 11.3 Å². The summed E-state index contributed by atoms with van der Waals surface area (Å²) in [7, 11) is 0. The molecule has 7 heteroatoms. The molecule has 1 atom stereocenters. The molecule has 0 saturated heterocycles. The van der Waals surface area contributed by atoms with Crippen molar-refractivity contribution in [1.82, 2.24) is 14.8 Å². The van der Waals surface area contributed by atoms with Crippen molar-refractivity contribution < 1.29 is 9.90 Å². The first-order valence-electron chi connectivity index (χ1n) is 7.77. The first-order valence-corrected chi connectivity index (χ1v) is 8.65. The highest BCUT2D eigenvalue weighted by molar-refractivity contribution is 8.00. The lowest BCUT2D eigenvalue weighted by Gasteiger charge is -2.12. The monoisotopic (exact) mass is 354 g/mol. The van der Waals surface area contributed by atoms with Crippen molar-refractivity contribution in [2.75, 3.05) is 5.73 Å². The number of nitrogen functional groups attached to an aromatic ring is 1. The Hall–Kier alpha value is -2.80. The lowest BCUT2D eigenvalue weighted by atomic mass is 10.2. The van der Waals surface area contributed by atoms with Crippen LogP contribution in [0.5, 0.6) is 0 Å². The van der Waals surface area contributed by atoms with Crippen LogP contribution in [0.25, 0.3) is 11.4 Å². The van der Waals surface area contributed by atoms with Gasteiger partial charge in [-0.05, 0) is 36.8 Å². The first-order chi connectivity index (χ1) is 12.0. The molecule has 0 amide bonds. The number of carboxylic acid groups (broad SMARTS) is 1. The standard InChI is InChI=1S/C18H18N4O2S/c1-12(17(23)24)25-18-21-20-16(14-7-9-15(19)10-8-14)22(18)11-13-5-3-2-4-6-13/h2-10,12H,11,19H2,1H3,(H,23,24). The Bertz CT molecular complexity index is 863. The topological polar surface area (TPSA) is 94.0 Å². The van der Waals surface area contributed by atoms with E-state index in [4.69, 9.17) is 5.73 Å². The molecular formula is C18H18N4O2S. The zero-order valence-corrected chi connectivity index (χ0v) is 14.5. The molecule has 3 rings (SSSR count). The third-order valence-electron chi connectivity index (χ3n) is 3.70. The molecule has 0 radical (unpaired) electrons. The summed E-state index contributed by atoms with van der Waals surface area (Å²) in [6.07, 6.45) is 0. The predicted octanol–water partition coefficient (Wildman–Crippen LogP) is 3.14. The highest BCUT2D eigenvalue weighted by Gasteiger charge is 2.20. The minimum absolute atomic E-state index is 0.558. The summed E-state index contributed by atoms with van der Waals surface area (Å²) in [5, 5.41) is 17.6.